The van der Waals surface area contributed by atoms with Gasteiger partial charge in [-0.25, -0.2) is 0 Å². The molecule has 0 aliphatic heterocycles. The van der Waals surface area contributed by atoms with Crippen LogP contribution in [0.2, 0.25) is 0 Å². The van der Waals surface area contributed by atoms with E-state index >= 15 is 0 Å². The van der Waals surface area contributed by atoms with Gasteiger partial charge in [0, 0.05) is 24.5 Å². The Morgan fingerprint density at radius 1 is 1.50 bits per heavy atom. The van der Waals surface area contributed by atoms with Gasteiger partial charge in [-0.15, -0.1) is 0 Å². The van der Waals surface area contributed by atoms with Crippen LogP contribution >= 0.6 is 11.8 Å². The minimum absolute atomic E-state index is 0.128. The number of aryl methyl sites for hydroxylation is 2. The summed E-state index contributed by atoms with van der Waals surface area (Å²) in [4.78, 5) is 17.1. The highest BCUT2D eigenvalue weighted by Crippen LogP contribution is 2.31. The first-order valence-corrected chi connectivity index (χ1v) is 7.27. The average molecular weight is 269 g/mol. The number of hydrogen-bond donors (Lipinski definition) is 0. The predicted octanol–water partition coefficient (Wildman–Crippen LogP) is 2.80. The van der Waals surface area contributed by atoms with Gasteiger partial charge in [-0.2, -0.15) is 11.8 Å². The number of rotatable bonds is 6. The largest absolute Gasteiger partial charge is 0.365 e. The van der Waals surface area contributed by atoms with E-state index in [-0.39, 0.29) is 10.6 Å². The monoisotopic (exact) mass is 269 g/mol. The van der Waals surface area contributed by atoms with Gasteiger partial charge in [0.2, 0.25) is 0 Å². The third kappa shape index (κ3) is 3.35. The fourth-order valence-electron chi connectivity index (χ4n) is 1.92. The van der Waals surface area contributed by atoms with E-state index in [1.165, 1.54) is 0 Å². The van der Waals surface area contributed by atoms with Crippen LogP contribution in [0.1, 0.15) is 18.3 Å². The molecule has 18 heavy (non-hydrogen) atoms. The summed E-state index contributed by atoms with van der Waals surface area (Å²) in [5.74, 6) is 0.950. The summed E-state index contributed by atoms with van der Waals surface area (Å²) < 4.78 is 0. The van der Waals surface area contributed by atoms with Gasteiger partial charge in [-0.05, 0) is 33.1 Å². The van der Waals surface area contributed by atoms with Gasteiger partial charge in [0.25, 0.3) is 0 Å². The van der Waals surface area contributed by atoms with Gasteiger partial charge in [0.1, 0.15) is 11.4 Å². The van der Waals surface area contributed by atoms with Crippen LogP contribution in [0.15, 0.2) is 6.07 Å². The highest BCUT2D eigenvalue weighted by atomic mass is 32.2. The Morgan fingerprint density at radius 2 is 2.17 bits per heavy atom. The second-order valence-electron chi connectivity index (χ2n) is 4.05. The van der Waals surface area contributed by atoms with E-state index in [9.17, 15) is 10.1 Å². The van der Waals surface area contributed by atoms with E-state index in [2.05, 4.69) is 4.98 Å². The summed E-state index contributed by atoms with van der Waals surface area (Å²) >= 11 is 1.74. The maximum Gasteiger partial charge on any atom is 0.313 e. The number of hydrogen-bond acceptors (Lipinski definition) is 5. The van der Waals surface area contributed by atoms with Crippen LogP contribution in [0.3, 0.4) is 0 Å². The predicted molar refractivity (Wildman–Crippen MR) is 76.6 cm³/mol. The molecule has 0 N–H and O–H groups in total. The molecule has 0 fully saturated rings. The number of aromatic nitrogens is 1. The quantitative estimate of drug-likeness (QED) is 0.587. The van der Waals surface area contributed by atoms with Crippen molar-refractivity contribution < 1.29 is 4.92 Å². The summed E-state index contributed by atoms with van der Waals surface area (Å²) in [7, 11) is 0. The summed E-state index contributed by atoms with van der Waals surface area (Å²) in [6.07, 6.45) is 2.03. The highest BCUT2D eigenvalue weighted by Gasteiger charge is 2.22. The lowest BCUT2D eigenvalue weighted by Gasteiger charge is -2.23. The molecule has 0 unspecified atom stereocenters. The lowest BCUT2D eigenvalue weighted by molar-refractivity contribution is -0.385. The minimum atomic E-state index is -0.334. The summed E-state index contributed by atoms with van der Waals surface area (Å²) in [5, 5.41) is 11.2. The Hall–Kier alpha value is -1.30. The molecule has 0 amide bonds. The lowest BCUT2D eigenvalue weighted by Crippen LogP contribution is -2.26. The molecule has 0 aromatic carbocycles. The second-order valence-corrected chi connectivity index (χ2v) is 5.03. The van der Waals surface area contributed by atoms with E-state index in [0.717, 1.165) is 24.5 Å². The Labute approximate surface area is 112 Å². The molecule has 0 radical (unpaired) electrons. The fourth-order valence-corrected chi connectivity index (χ4v) is 2.32. The first-order chi connectivity index (χ1) is 8.51. The van der Waals surface area contributed by atoms with Crippen LogP contribution in [0.5, 0.6) is 0 Å². The highest BCUT2D eigenvalue weighted by molar-refractivity contribution is 7.98. The number of anilines is 1. The third-order valence-electron chi connectivity index (χ3n) is 2.75. The molecule has 1 aromatic heterocycles. The molecule has 0 bridgehead atoms. The number of nitrogens with zero attached hydrogens (tertiary/aromatic N) is 3. The van der Waals surface area contributed by atoms with Gasteiger partial charge < -0.3 is 4.90 Å². The first kappa shape index (κ1) is 14.8. The van der Waals surface area contributed by atoms with Crippen LogP contribution in [-0.2, 0) is 0 Å². The molecule has 0 aliphatic carbocycles. The van der Waals surface area contributed by atoms with E-state index < -0.39 is 0 Å². The van der Waals surface area contributed by atoms with Crippen molar-refractivity contribution >= 4 is 23.1 Å². The molecule has 5 nitrogen and oxygen atoms in total. The molecule has 6 heteroatoms. The van der Waals surface area contributed by atoms with Gasteiger partial charge in [-0.3, -0.25) is 15.1 Å². The molecule has 0 spiro atoms. The van der Waals surface area contributed by atoms with Gasteiger partial charge in [0.15, 0.2) is 0 Å². The molecule has 100 valence electrons. The summed E-state index contributed by atoms with van der Waals surface area (Å²) in [5.41, 5.74) is 2.11. The Kier molecular flexibility index (Phi) is 5.40. The molecular weight excluding hydrogens is 250 g/mol. The van der Waals surface area contributed by atoms with Crippen molar-refractivity contribution in [2.45, 2.75) is 20.8 Å². The van der Waals surface area contributed by atoms with Crippen LogP contribution in [0, 0.1) is 24.0 Å². The number of nitro groups is 1. The van der Waals surface area contributed by atoms with E-state index in [1.54, 1.807) is 24.8 Å². The van der Waals surface area contributed by atoms with Crippen molar-refractivity contribution in [2.75, 3.05) is 30.0 Å². The molecule has 1 heterocycles. The third-order valence-corrected chi connectivity index (χ3v) is 3.34. The second kappa shape index (κ2) is 6.58. The van der Waals surface area contributed by atoms with Crippen LogP contribution in [0.25, 0.3) is 0 Å². The zero-order valence-corrected chi connectivity index (χ0v) is 12.1. The van der Waals surface area contributed by atoms with Crippen molar-refractivity contribution in [3.63, 3.8) is 0 Å². The summed E-state index contributed by atoms with van der Waals surface area (Å²) in [6.45, 7) is 7.13. The van der Waals surface area contributed by atoms with Crippen molar-refractivity contribution in [3.05, 3.63) is 27.6 Å². The zero-order valence-electron chi connectivity index (χ0n) is 11.3. The van der Waals surface area contributed by atoms with Crippen molar-refractivity contribution in [1.82, 2.24) is 4.98 Å². The van der Waals surface area contributed by atoms with Crippen LogP contribution in [0.4, 0.5) is 11.4 Å². The smallest absolute Gasteiger partial charge is 0.313 e. The van der Waals surface area contributed by atoms with Crippen molar-refractivity contribution in [2.24, 2.45) is 0 Å². The van der Waals surface area contributed by atoms with Crippen LogP contribution in [-0.4, -0.2) is 35.0 Å². The number of thioether (sulfide) groups is 1. The lowest BCUT2D eigenvalue weighted by atomic mass is 10.2. The maximum atomic E-state index is 11.2. The van der Waals surface area contributed by atoms with E-state index in [1.807, 2.05) is 25.0 Å². The Morgan fingerprint density at radius 3 is 2.67 bits per heavy atom. The van der Waals surface area contributed by atoms with Crippen molar-refractivity contribution in [1.29, 1.82) is 0 Å². The zero-order chi connectivity index (χ0) is 13.7. The normalized spacial score (nSPS) is 10.4. The first-order valence-electron chi connectivity index (χ1n) is 5.87. The molecule has 1 aromatic rings. The fraction of sp³-hybridized carbons (Fsp3) is 0.583. The average Bonchev–Trinajstić information content (AvgIpc) is 2.28. The van der Waals surface area contributed by atoms with E-state index in [4.69, 9.17) is 0 Å². The van der Waals surface area contributed by atoms with Gasteiger partial charge in [0.05, 0.1) is 4.92 Å². The summed E-state index contributed by atoms with van der Waals surface area (Å²) in [6, 6.07) is 1.80. The van der Waals surface area contributed by atoms with Crippen LogP contribution < -0.4 is 4.90 Å². The standard InChI is InChI=1S/C12H19N3O2S/c1-5-14(6-7-18-4)11-8-9(2)13-10(3)12(11)15(16)17/h8H,5-7H2,1-4H3. The molecule has 1 rings (SSSR count). The van der Waals surface area contributed by atoms with Crippen molar-refractivity contribution in [3.8, 4) is 0 Å². The minimum Gasteiger partial charge on any atom is -0.365 e. The number of pyridine rings is 1. The Bertz CT molecular complexity index is 438. The van der Waals surface area contributed by atoms with Gasteiger partial charge in [-0.1, -0.05) is 0 Å². The molecule has 0 atom stereocenters. The topological polar surface area (TPSA) is 59.3 Å². The SMILES string of the molecule is CCN(CCSC)c1cc(C)nc(C)c1[N+](=O)[O-]. The molecule has 0 saturated carbocycles. The van der Waals surface area contributed by atoms with E-state index in [0.29, 0.717) is 11.4 Å². The molecule has 0 saturated heterocycles. The maximum absolute atomic E-state index is 11.2. The molecular formula is C12H19N3O2S. The Balaban J connectivity index is 3.22. The molecule has 0 aliphatic rings. The van der Waals surface area contributed by atoms with Gasteiger partial charge >= 0.3 is 5.69 Å².